The van der Waals surface area contributed by atoms with E-state index in [1.54, 1.807) is 4.90 Å². The lowest BCUT2D eigenvalue weighted by atomic mass is 9.99. The molecular weight excluding hydrogens is 304 g/mol. The largest absolute Gasteiger partial charge is 0.398 e. The first kappa shape index (κ1) is 16.0. The third-order valence-electron chi connectivity index (χ3n) is 3.71. The maximum atomic E-state index is 12.6. The van der Waals surface area contributed by atoms with E-state index in [0.29, 0.717) is 12.2 Å². The van der Waals surface area contributed by atoms with Gasteiger partial charge in [-0.05, 0) is 36.6 Å². The van der Waals surface area contributed by atoms with Crippen LogP contribution in [0.1, 0.15) is 22.5 Å². The Balaban J connectivity index is 0.00000176. The summed E-state index contributed by atoms with van der Waals surface area (Å²) in [6.07, 6.45) is 1.73. The lowest BCUT2D eigenvalue weighted by molar-refractivity contribution is 0.0978. The van der Waals surface area contributed by atoms with Crippen molar-refractivity contribution in [2.75, 3.05) is 17.2 Å². The van der Waals surface area contributed by atoms with E-state index in [0.717, 1.165) is 28.8 Å². The summed E-state index contributed by atoms with van der Waals surface area (Å²) >= 11 is 0. The van der Waals surface area contributed by atoms with E-state index >= 15 is 0 Å². The van der Waals surface area contributed by atoms with Crippen molar-refractivity contribution in [1.29, 1.82) is 0 Å². The van der Waals surface area contributed by atoms with Crippen molar-refractivity contribution in [3.63, 3.8) is 0 Å². The van der Waals surface area contributed by atoms with Gasteiger partial charge in [0, 0.05) is 31.0 Å². The van der Waals surface area contributed by atoms with Crippen LogP contribution in [0.4, 0.5) is 11.4 Å². The van der Waals surface area contributed by atoms with Crippen LogP contribution in [0.15, 0.2) is 35.1 Å². The van der Waals surface area contributed by atoms with Crippen molar-refractivity contribution >= 4 is 29.7 Å². The number of aromatic nitrogens is 2. The zero-order valence-electron chi connectivity index (χ0n) is 12.2. The van der Waals surface area contributed by atoms with Gasteiger partial charge in [0.25, 0.3) is 11.5 Å². The lowest BCUT2D eigenvalue weighted by Crippen LogP contribution is -2.37. The molecule has 1 aliphatic rings. The number of carbonyl (C=O) groups is 1. The Kier molecular flexibility index (Phi) is 4.51. The molecule has 0 spiro atoms. The van der Waals surface area contributed by atoms with E-state index in [9.17, 15) is 9.59 Å². The van der Waals surface area contributed by atoms with Crippen LogP contribution in [-0.4, -0.2) is 22.2 Å². The highest BCUT2D eigenvalue weighted by molar-refractivity contribution is 6.05. The topological polar surface area (TPSA) is 81.2 Å². The van der Waals surface area contributed by atoms with Gasteiger partial charge in [0.05, 0.1) is 0 Å². The van der Waals surface area contributed by atoms with E-state index in [2.05, 4.69) is 5.10 Å². The second-order valence-electron chi connectivity index (χ2n) is 5.09. The van der Waals surface area contributed by atoms with Crippen LogP contribution in [-0.2, 0) is 13.5 Å². The van der Waals surface area contributed by atoms with Gasteiger partial charge in [-0.3, -0.25) is 9.59 Å². The number of hydrogen-bond acceptors (Lipinski definition) is 4. The summed E-state index contributed by atoms with van der Waals surface area (Å²) in [6, 6.07) is 8.39. The Morgan fingerprint density at radius 2 is 2.05 bits per heavy atom. The van der Waals surface area contributed by atoms with E-state index < -0.39 is 0 Å². The van der Waals surface area contributed by atoms with Crippen molar-refractivity contribution in [3.8, 4) is 0 Å². The molecule has 0 saturated carbocycles. The Morgan fingerprint density at radius 1 is 1.27 bits per heavy atom. The number of rotatable bonds is 1. The van der Waals surface area contributed by atoms with Crippen molar-refractivity contribution in [2.24, 2.45) is 7.05 Å². The molecule has 0 atom stereocenters. The number of aryl methyl sites for hydroxylation is 1. The van der Waals surface area contributed by atoms with Gasteiger partial charge < -0.3 is 10.6 Å². The highest BCUT2D eigenvalue weighted by Gasteiger charge is 2.25. The summed E-state index contributed by atoms with van der Waals surface area (Å²) in [5.41, 5.74) is 8.55. The van der Waals surface area contributed by atoms with Gasteiger partial charge in [-0.15, -0.1) is 12.4 Å². The molecule has 1 aliphatic heterocycles. The molecule has 1 aromatic heterocycles. The van der Waals surface area contributed by atoms with Gasteiger partial charge >= 0.3 is 0 Å². The molecule has 2 heterocycles. The van der Waals surface area contributed by atoms with Gasteiger partial charge in [0.15, 0.2) is 0 Å². The number of fused-ring (bicyclic) bond motifs is 1. The first-order valence-electron chi connectivity index (χ1n) is 6.81. The summed E-state index contributed by atoms with van der Waals surface area (Å²) in [5, 5.41) is 4.02. The number of nitrogen functional groups attached to an aromatic ring is 1. The maximum absolute atomic E-state index is 12.6. The lowest BCUT2D eigenvalue weighted by Gasteiger charge is -2.30. The van der Waals surface area contributed by atoms with Crippen LogP contribution < -0.4 is 16.2 Å². The summed E-state index contributed by atoms with van der Waals surface area (Å²) in [7, 11) is 1.53. The molecule has 0 saturated heterocycles. The monoisotopic (exact) mass is 320 g/mol. The van der Waals surface area contributed by atoms with Crippen LogP contribution in [0.2, 0.25) is 0 Å². The van der Waals surface area contributed by atoms with Crippen LogP contribution in [0.3, 0.4) is 0 Å². The molecule has 7 heteroatoms. The van der Waals surface area contributed by atoms with E-state index in [1.807, 2.05) is 18.2 Å². The molecule has 116 valence electrons. The highest BCUT2D eigenvalue weighted by atomic mass is 35.5. The minimum absolute atomic E-state index is 0. The average Bonchev–Trinajstić information content (AvgIpc) is 2.49. The molecule has 6 nitrogen and oxygen atoms in total. The van der Waals surface area contributed by atoms with Crippen molar-refractivity contribution in [3.05, 3.63) is 51.9 Å². The molecule has 1 amide bonds. The number of halogens is 1. The third kappa shape index (κ3) is 2.69. The van der Waals surface area contributed by atoms with E-state index in [-0.39, 0.29) is 29.6 Å². The molecule has 0 fully saturated rings. The maximum Gasteiger partial charge on any atom is 0.278 e. The fourth-order valence-corrected chi connectivity index (χ4v) is 2.62. The molecule has 2 N–H and O–H groups in total. The Hall–Kier alpha value is -2.34. The number of carbonyl (C=O) groups excluding carboxylic acids is 1. The van der Waals surface area contributed by atoms with Gasteiger partial charge in [0.2, 0.25) is 0 Å². The zero-order valence-corrected chi connectivity index (χ0v) is 13.0. The average molecular weight is 321 g/mol. The number of nitrogens with zero attached hydrogens (tertiary/aromatic N) is 3. The quantitative estimate of drug-likeness (QED) is 0.805. The molecule has 3 rings (SSSR count). The van der Waals surface area contributed by atoms with Crippen molar-refractivity contribution in [1.82, 2.24) is 9.78 Å². The van der Waals surface area contributed by atoms with Gasteiger partial charge in [-0.2, -0.15) is 5.10 Å². The number of amides is 1. The number of hydrogen-bond donors (Lipinski definition) is 1. The summed E-state index contributed by atoms with van der Waals surface area (Å²) < 4.78 is 1.16. The second-order valence-corrected chi connectivity index (χ2v) is 5.09. The minimum atomic E-state index is -0.241. The zero-order chi connectivity index (χ0) is 15.0. The second kappa shape index (κ2) is 6.19. The number of nitrogens with two attached hydrogens (primary N) is 1. The number of benzene rings is 1. The fourth-order valence-electron chi connectivity index (χ4n) is 2.62. The minimum Gasteiger partial charge on any atom is -0.398 e. The van der Waals surface area contributed by atoms with Crippen LogP contribution >= 0.6 is 12.4 Å². The molecule has 2 aromatic rings. The molecule has 0 unspecified atom stereocenters. The van der Waals surface area contributed by atoms with Gasteiger partial charge in [-0.1, -0.05) is 6.07 Å². The van der Waals surface area contributed by atoms with Crippen molar-refractivity contribution < 1.29 is 4.79 Å². The first-order valence-corrected chi connectivity index (χ1v) is 6.81. The predicted molar refractivity (Wildman–Crippen MR) is 87.6 cm³/mol. The molecule has 22 heavy (non-hydrogen) atoms. The van der Waals surface area contributed by atoms with Crippen LogP contribution in [0.25, 0.3) is 0 Å². The highest BCUT2D eigenvalue weighted by Crippen LogP contribution is 2.31. The summed E-state index contributed by atoms with van der Waals surface area (Å²) in [4.78, 5) is 25.7. The molecular formula is C15H17ClN4O2. The Morgan fingerprint density at radius 3 is 2.77 bits per heavy atom. The Bertz CT molecular complexity index is 772. The molecule has 1 aromatic carbocycles. The third-order valence-corrected chi connectivity index (χ3v) is 3.71. The van der Waals surface area contributed by atoms with Gasteiger partial charge in [-0.25, -0.2) is 4.68 Å². The SMILES string of the molecule is Cl.Cn1nc(C(=O)N2CCCc3c(N)cccc32)ccc1=O. The fraction of sp³-hybridized carbons (Fsp3) is 0.267. The molecule has 0 aliphatic carbocycles. The molecule has 0 radical (unpaired) electrons. The standard InChI is InChI=1S/C15H16N4O2.ClH/c1-18-14(20)8-7-12(17-18)15(21)19-9-3-4-10-11(16)5-2-6-13(10)19;/h2,5-8H,3-4,9,16H2,1H3;1H. The summed E-state index contributed by atoms with van der Waals surface area (Å²) in [5.74, 6) is -0.211. The molecule has 0 bridgehead atoms. The number of anilines is 2. The first-order chi connectivity index (χ1) is 10.1. The smallest absolute Gasteiger partial charge is 0.278 e. The normalized spacial score (nSPS) is 13.2. The Labute approximate surface area is 134 Å². The van der Waals surface area contributed by atoms with E-state index in [1.165, 1.54) is 19.2 Å². The summed E-state index contributed by atoms with van der Waals surface area (Å²) in [6.45, 7) is 0.625. The van der Waals surface area contributed by atoms with Gasteiger partial charge in [0.1, 0.15) is 5.69 Å². The predicted octanol–water partition coefficient (Wildman–Crippen LogP) is 1.38. The van der Waals surface area contributed by atoms with Crippen LogP contribution in [0.5, 0.6) is 0 Å². The van der Waals surface area contributed by atoms with Crippen molar-refractivity contribution in [2.45, 2.75) is 12.8 Å². The van der Waals surface area contributed by atoms with Crippen LogP contribution in [0, 0.1) is 0 Å². The van der Waals surface area contributed by atoms with E-state index in [4.69, 9.17) is 5.73 Å².